The SMILES string of the molecule is COc1nc(N[C@H]2CCc3c(Br)cccc32)c(C(F)(F)F)nc1C#N.COc1nc(N[C@H]2CCc3c(Br)cccc32)c(C(F)(F)F)nc1C=O.COc1nc(N[C@H]2CCc3c(Br)cccc32)c(I)nc1C#N.COc1nc(N[C@H]2CCc3c(Br)cccc32)cnc1C#N.Cl.N#Cc1ncc(Cl)nc1Cl.N[C@H]1CCc2c(Br)cccc21. The van der Waals surface area contributed by atoms with Crippen molar-refractivity contribution in [3.63, 3.8) is 0 Å². The monoisotopic (exact) mass is 2060 g/mol. The molecule has 5 aliphatic rings. The maximum Gasteiger partial charge on any atom is 0.437 e. The van der Waals surface area contributed by atoms with Crippen molar-refractivity contribution in [1.82, 2.24) is 49.8 Å². The molecule has 0 unspecified atom stereocenters. The average molecular weight is 2070 g/mol. The quantitative estimate of drug-likeness (QED) is 0.0407. The second kappa shape index (κ2) is 40.8. The van der Waals surface area contributed by atoms with Crippen molar-refractivity contribution in [3.05, 3.63) is 235 Å². The lowest BCUT2D eigenvalue weighted by atomic mass is 10.1. The van der Waals surface area contributed by atoms with Crippen LogP contribution in [0.3, 0.4) is 0 Å². The molecule has 15 rings (SSSR count). The lowest BCUT2D eigenvalue weighted by Gasteiger charge is -2.19. The molecule has 0 fully saturated rings. The summed E-state index contributed by atoms with van der Waals surface area (Å²) >= 11 is 30.6. The number of hydrogen-bond donors (Lipinski definition) is 5. The number of nitrogens with two attached hydrogens (primary N) is 1. The van der Waals surface area contributed by atoms with E-state index in [9.17, 15) is 31.1 Å². The second-order valence-corrected chi connectivity index (χ2v) is 31.0. The van der Waals surface area contributed by atoms with Crippen LogP contribution in [0.2, 0.25) is 10.3 Å². The second-order valence-electron chi connectivity index (χ2n) is 24.9. The highest BCUT2D eigenvalue weighted by atomic mass is 127. The van der Waals surface area contributed by atoms with Gasteiger partial charge in [-0.25, -0.2) is 29.9 Å². The number of aromatic nitrogens is 10. The van der Waals surface area contributed by atoms with Crippen molar-refractivity contribution in [2.45, 2.75) is 107 Å². The Morgan fingerprint density at radius 3 is 1.20 bits per heavy atom. The average Bonchev–Trinajstić information content (AvgIpc) is 0.872. The number of hydrogen-bond acceptors (Lipinski definition) is 24. The number of nitrogens with one attached hydrogen (secondary N) is 4. The van der Waals surface area contributed by atoms with E-state index in [2.05, 4.69) is 210 Å². The molecule has 5 aromatic carbocycles. The van der Waals surface area contributed by atoms with E-state index in [-0.39, 0.29) is 99.8 Å². The summed E-state index contributed by atoms with van der Waals surface area (Å²) in [5.41, 5.74) is 14.8. The third kappa shape index (κ3) is 21.8. The number of carbonyl (C=O) groups excluding carboxylic acids is 1. The normalized spacial score (nSPS) is 16.0. The lowest BCUT2D eigenvalue weighted by molar-refractivity contribution is -0.141. The summed E-state index contributed by atoms with van der Waals surface area (Å²) in [6.07, 6.45) is 2.49. The summed E-state index contributed by atoms with van der Waals surface area (Å²) in [4.78, 5) is 49.6. The molecule has 0 saturated carbocycles. The highest BCUT2D eigenvalue weighted by Gasteiger charge is 2.41. The molecule has 0 saturated heterocycles. The number of fused-ring (bicyclic) bond motifs is 5. The van der Waals surface area contributed by atoms with E-state index in [1.54, 1.807) is 18.3 Å². The number of ether oxygens (including phenoxy) is 4. The van der Waals surface area contributed by atoms with Crippen LogP contribution in [0.25, 0.3) is 0 Å². The Morgan fingerprint density at radius 1 is 0.461 bits per heavy atom. The number of carbonyl (C=O) groups is 1. The van der Waals surface area contributed by atoms with Gasteiger partial charge in [-0.2, -0.15) is 67.3 Å². The minimum atomic E-state index is -4.75. The van der Waals surface area contributed by atoms with E-state index >= 15 is 0 Å². The molecule has 0 radical (unpaired) electrons. The molecule has 5 aliphatic carbocycles. The fourth-order valence-electron chi connectivity index (χ4n) is 13.0. The van der Waals surface area contributed by atoms with Gasteiger partial charge in [-0.3, -0.25) is 4.79 Å². The first-order valence-corrected chi connectivity index (χ1v) is 39.9. The third-order valence-corrected chi connectivity index (χ3v) is 23.1. The van der Waals surface area contributed by atoms with E-state index in [1.165, 1.54) is 72.5 Å². The summed E-state index contributed by atoms with van der Waals surface area (Å²) < 4.78 is 106. The zero-order valence-electron chi connectivity index (χ0n) is 60.4. The minimum absolute atomic E-state index is 0. The van der Waals surface area contributed by atoms with Crippen LogP contribution in [0.15, 0.2) is 126 Å². The molecule has 115 heavy (non-hydrogen) atoms. The Balaban J connectivity index is 0.000000162. The molecule has 6 N–H and O–H groups in total. The molecular formula is C76H62Br5Cl3F6IN19O5. The third-order valence-electron chi connectivity index (χ3n) is 18.2. The van der Waals surface area contributed by atoms with Gasteiger partial charge < -0.3 is 45.9 Å². The van der Waals surface area contributed by atoms with Gasteiger partial charge in [-0.15, -0.1) is 12.4 Å². The maximum atomic E-state index is 13.3. The zero-order valence-corrected chi connectivity index (χ0v) is 72.8. The molecule has 0 aliphatic heterocycles. The van der Waals surface area contributed by atoms with E-state index in [0.29, 0.717) is 28.2 Å². The van der Waals surface area contributed by atoms with Crippen LogP contribution < -0.4 is 45.9 Å². The van der Waals surface area contributed by atoms with Gasteiger partial charge in [0.2, 0.25) is 23.0 Å². The zero-order chi connectivity index (χ0) is 82.3. The summed E-state index contributed by atoms with van der Waals surface area (Å²) in [5.74, 6) is 0.364. The number of nitriles is 4. The van der Waals surface area contributed by atoms with Crippen LogP contribution in [-0.4, -0.2) is 84.6 Å². The number of methoxy groups -OCH3 is 4. The van der Waals surface area contributed by atoms with Crippen molar-refractivity contribution < 1.29 is 50.1 Å². The Morgan fingerprint density at radius 2 is 0.809 bits per heavy atom. The first-order valence-electron chi connectivity index (χ1n) is 34.1. The first-order chi connectivity index (χ1) is 54.6. The predicted molar refractivity (Wildman–Crippen MR) is 445 cm³/mol. The van der Waals surface area contributed by atoms with Crippen LogP contribution in [-0.2, 0) is 44.5 Å². The topological polar surface area (TPSA) is 352 Å². The fourth-order valence-corrected chi connectivity index (χ4v) is 16.8. The van der Waals surface area contributed by atoms with Gasteiger partial charge in [-0.1, -0.05) is 164 Å². The number of alkyl halides is 6. The molecule has 10 aromatic rings. The van der Waals surface area contributed by atoms with Gasteiger partial charge in [0, 0.05) is 28.4 Å². The molecule has 0 spiro atoms. The van der Waals surface area contributed by atoms with Gasteiger partial charge in [0.25, 0.3) is 17.6 Å². The Kier molecular flexibility index (Phi) is 31.9. The molecule has 0 bridgehead atoms. The Bertz CT molecular complexity index is 5440. The summed E-state index contributed by atoms with van der Waals surface area (Å²) in [6, 6.07) is 37.2. The van der Waals surface area contributed by atoms with Crippen molar-refractivity contribution in [2.24, 2.45) is 5.73 Å². The Labute approximate surface area is 727 Å². The van der Waals surface area contributed by atoms with Crippen LogP contribution in [0.5, 0.6) is 23.5 Å². The van der Waals surface area contributed by atoms with Crippen LogP contribution >= 0.6 is 138 Å². The summed E-state index contributed by atoms with van der Waals surface area (Å²) in [6.45, 7) is 0. The van der Waals surface area contributed by atoms with Crippen molar-refractivity contribution in [2.75, 3.05) is 49.7 Å². The number of halogens is 15. The van der Waals surface area contributed by atoms with Gasteiger partial charge in [0.15, 0.2) is 51.7 Å². The standard InChI is InChI=1S/C16H12BrF3N4O.C16H13BrF3N3O2.C15H12BrIN4O.C15H13BrN4O.C9H10BrN.C5HCl2N3.ClH/c1-25-15-12(7-21)22-13(16(18,19)20)14(24-15)23-11-6-5-8-9(11)3-2-4-10(8)17;1-25-15-12(7-24)21-13(16(18,19)20)14(23-15)22-11-6-5-8-9(11)3-2-4-10(8)17;1-22-15-12(7-18)19-13(17)14(21-15)20-11-6-5-8-9(11)3-2-4-10(8)16;1-21-15-13(7-17)18-8-14(20-15)19-12-6-5-9-10(12)3-2-4-11(9)16;10-8-3-1-2-7-6(8)4-5-9(7)11;6-4-2-9-3(1-8)5(7)10-4;/h2-4,11H,5-6H2,1H3,(H,23,24);2-4,7,11H,5-6H2,1H3,(H,22,23);2-4,11H,5-6H2,1H3,(H,20,21);2-4,8,12H,5-6H2,1H3,(H,19,20);1-3,9H,4-5,11H2;2H;1H/t3*11-;12-;9-;;/m00000../s1. The number of rotatable bonds is 13. The first kappa shape index (κ1) is 90.0. The maximum absolute atomic E-state index is 13.3. The Hall–Kier alpha value is -8.93. The van der Waals surface area contributed by atoms with Crippen molar-refractivity contribution >= 4 is 167 Å². The number of benzene rings is 5. The van der Waals surface area contributed by atoms with Gasteiger partial charge in [0.05, 0.1) is 65.0 Å². The van der Waals surface area contributed by atoms with Crippen LogP contribution in [0.4, 0.5) is 49.6 Å². The summed E-state index contributed by atoms with van der Waals surface area (Å²) in [5, 5.41) is 47.9. The largest absolute Gasteiger partial charge is 0.479 e. The molecule has 596 valence electrons. The van der Waals surface area contributed by atoms with E-state index in [1.807, 2.05) is 66.7 Å². The minimum Gasteiger partial charge on any atom is -0.479 e. The van der Waals surface area contributed by atoms with Crippen molar-refractivity contribution in [3.8, 4) is 47.8 Å². The molecule has 5 aromatic heterocycles. The van der Waals surface area contributed by atoms with Gasteiger partial charge >= 0.3 is 12.4 Å². The highest BCUT2D eigenvalue weighted by molar-refractivity contribution is 14.1. The number of nitrogens with zero attached hydrogens (tertiary/aromatic N) is 14. The predicted octanol–water partition coefficient (Wildman–Crippen LogP) is 19.9. The fraction of sp³-hybridized carbons (Fsp3) is 0.276. The molecular weight excluding hydrogens is 2010 g/mol. The number of anilines is 4. The lowest BCUT2D eigenvalue weighted by Crippen LogP contribution is -2.19. The smallest absolute Gasteiger partial charge is 0.437 e. The van der Waals surface area contributed by atoms with Crippen LogP contribution in [0, 0.1) is 49.0 Å². The van der Waals surface area contributed by atoms with E-state index < -0.39 is 46.8 Å². The highest BCUT2D eigenvalue weighted by Crippen LogP contribution is 2.45. The summed E-state index contributed by atoms with van der Waals surface area (Å²) in [7, 11) is 5.42. The van der Waals surface area contributed by atoms with E-state index in [0.717, 1.165) is 91.5 Å². The van der Waals surface area contributed by atoms with Crippen LogP contribution in [0.1, 0.15) is 163 Å². The molecule has 0 amide bonds. The number of aldehydes is 1. The van der Waals surface area contributed by atoms with E-state index in [4.69, 9.17) is 68.9 Å². The van der Waals surface area contributed by atoms with Gasteiger partial charge in [0.1, 0.15) is 38.9 Å². The molecule has 24 nitrogen and oxygen atoms in total. The van der Waals surface area contributed by atoms with Crippen molar-refractivity contribution in [1.29, 1.82) is 21.0 Å². The molecule has 5 heterocycles. The van der Waals surface area contributed by atoms with Gasteiger partial charge in [-0.05, 0) is 173 Å². The molecule has 39 heteroatoms. The molecule has 5 atom stereocenters.